The minimum atomic E-state index is -0.217. The number of aromatic nitrogens is 2. The summed E-state index contributed by atoms with van der Waals surface area (Å²) in [7, 11) is 1.67. The van der Waals surface area contributed by atoms with Crippen molar-refractivity contribution >= 4 is 22.5 Å². The lowest BCUT2D eigenvalue weighted by atomic mass is 10.3. The van der Waals surface area contributed by atoms with Crippen molar-refractivity contribution in [1.82, 2.24) is 15.5 Å². The third kappa shape index (κ3) is 4.23. The van der Waals surface area contributed by atoms with E-state index in [0.29, 0.717) is 17.6 Å². The molecular weight excluding hydrogens is 252 g/mol. The summed E-state index contributed by atoms with van der Waals surface area (Å²) >= 11 is 1.46. The maximum atomic E-state index is 11.5. The van der Waals surface area contributed by atoms with E-state index in [2.05, 4.69) is 20.8 Å². The van der Waals surface area contributed by atoms with Crippen LogP contribution in [0.2, 0.25) is 0 Å². The second kappa shape index (κ2) is 6.65. The van der Waals surface area contributed by atoms with Crippen molar-refractivity contribution in [2.75, 3.05) is 25.6 Å². The minimum absolute atomic E-state index is 0.217. The van der Waals surface area contributed by atoms with Crippen LogP contribution in [-0.2, 0) is 4.74 Å². The lowest BCUT2D eigenvalue weighted by molar-refractivity contribution is 0.192. The summed E-state index contributed by atoms with van der Waals surface area (Å²) in [5.74, 6) is 0.579. The minimum Gasteiger partial charge on any atom is -0.385 e. The Bertz CT molecular complexity index is 392. The van der Waals surface area contributed by atoms with Gasteiger partial charge in [0.2, 0.25) is 5.13 Å². The van der Waals surface area contributed by atoms with E-state index < -0.39 is 0 Å². The van der Waals surface area contributed by atoms with Crippen molar-refractivity contribution in [3.05, 3.63) is 5.01 Å². The Balaban J connectivity index is 1.63. The SMILES string of the molecule is COCCCCNC(=O)Nc1nnc(C2CC2)s1. The molecule has 1 aromatic rings. The smallest absolute Gasteiger partial charge is 0.321 e. The molecule has 1 aliphatic carbocycles. The number of urea groups is 1. The van der Waals surface area contributed by atoms with Gasteiger partial charge in [-0.1, -0.05) is 11.3 Å². The van der Waals surface area contributed by atoms with E-state index in [1.54, 1.807) is 7.11 Å². The third-order valence-corrected chi connectivity index (χ3v) is 3.65. The number of rotatable bonds is 7. The third-order valence-electron chi connectivity index (χ3n) is 2.65. The Morgan fingerprint density at radius 2 is 2.28 bits per heavy atom. The zero-order valence-corrected chi connectivity index (χ0v) is 11.3. The van der Waals surface area contributed by atoms with Gasteiger partial charge in [-0.25, -0.2) is 4.79 Å². The van der Waals surface area contributed by atoms with Crippen LogP contribution in [-0.4, -0.2) is 36.5 Å². The van der Waals surface area contributed by atoms with Gasteiger partial charge >= 0.3 is 6.03 Å². The van der Waals surface area contributed by atoms with Crippen LogP contribution < -0.4 is 10.6 Å². The van der Waals surface area contributed by atoms with Gasteiger partial charge in [0.25, 0.3) is 0 Å². The average Bonchev–Trinajstić information content (AvgIpc) is 3.11. The fourth-order valence-electron chi connectivity index (χ4n) is 1.49. The van der Waals surface area contributed by atoms with Crippen LogP contribution in [0.4, 0.5) is 9.93 Å². The molecule has 18 heavy (non-hydrogen) atoms. The molecule has 2 N–H and O–H groups in total. The fraction of sp³-hybridized carbons (Fsp3) is 0.727. The summed E-state index contributed by atoms with van der Waals surface area (Å²) < 4.78 is 4.93. The monoisotopic (exact) mass is 270 g/mol. The maximum Gasteiger partial charge on any atom is 0.321 e. The first-order valence-corrected chi connectivity index (χ1v) is 6.98. The fourth-order valence-corrected chi connectivity index (χ4v) is 2.40. The number of hydrogen-bond acceptors (Lipinski definition) is 5. The second-order valence-electron chi connectivity index (χ2n) is 4.30. The molecule has 6 nitrogen and oxygen atoms in total. The van der Waals surface area contributed by atoms with Gasteiger partial charge in [0, 0.05) is 26.2 Å². The number of hydrogen-bond donors (Lipinski definition) is 2. The molecule has 0 aromatic carbocycles. The molecule has 0 radical (unpaired) electrons. The quantitative estimate of drug-likeness (QED) is 0.743. The van der Waals surface area contributed by atoms with Gasteiger partial charge in [0.1, 0.15) is 5.01 Å². The molecule has 0 saturated heterocycles. The molecule has 100 valence electrons. The Labute approximate surface area is 110 Å². The van der Waals surface area contributed by atoms with Crippen molar-refractivity contribution in [3.8, 4) is 0 Å². The molecule has 1 aromatic heterocycles. The molecule has 1 aliphatic rings. The van der Waals surface area contributed by atoms with Crippen LogP contribution in [0.5, 0.6) is 0 Å². The van der Waals surface area contributed by atoms with Crippen LogP contribution in [0, 0.1) is 0 Å². The summed E-state index contributed by atoms with van der Waals surface area (Å²) in [5, 5.41) is 15.1. The first-order valence-electron chi connectivity index (χ1n) is 6.17. The molecule has 0 unspecified atom stereocenters. The Hall–Kier alpha value is -1.21. The number of carbonyl (C=O) groups is 1. The van der Waals surface area contributed by atoms with Crippen LogP contribution >= 0.6 is 11.3 Å². The predicted octanol–water partition coefficient (Wildman–Crippen LogP) is 1.96. The zero-order chi connectivity index (χ0) is 12.8. The second-order valence-corrected chi connectivity index (χ2v) is 5.31. The van der Waals surface area contributed by atoms with Crippen LogP contribution in [0.15, 0.2) is 0 Å². The number of unbranched alkanes of at least 4 members (excludes halogenated alkanes) is 1. The zero-order valence-electron chi connectivity index (χ0n) is 10.4. The Morgan fingerprint density at radius 1 is 1.44 bits per heavy atom. The molecule has 0 bridgehead atoms. The number of methoxy groups -OCH3 is 1. The number of nitrogens with one attached hydrogen (secondary N) is 2. The molecule has 2 amide bonds. The first-order chi connectivity index (χ1) is 8.79. The lowest BCUT2D eigenvalue weighted by Gasteiger charge is -2.04. The van der Waals surface area contributed by atoms with E-state index in [1.165, 1.54) is 24.2 Å². The van der Waals surface area contributed by atoms with Gasteiger partial charge in [0.05, 0.1) is 0 Å². The highest BCUT2D eigenvalue weighted by atomic mass is 32.1. The van der Waals surface area contributed by atoms with Crippen LogP contribution in [0.25, 0.3) is 0 Å². The molecule has 1 fully saturated rings. The van der Waals surface area contributed by atoms with E-state index in [-0.39, 0.29) is 6.03 Å². The largest absolute Gasteiger partial charge is 0.385 e. The van der Waals surface area contributed by atoms with Crippen molar-refractivity contribution in [2.24, 2.45) is 0 Å². The molecule has 0 aliphatic heterocycles. The Morgan fingerprint density at radius 3 is 3.00 bits per heavy atom. The highest BCUT2D eigenvalue weighted by molar-refractivity contribution is 7.15. The van der Waals surface area contributed by atoms with Crippen molar-refractivity contribution in [2.45, 2.75) is 31.6 Å². The van der Waals surface area contributed by atoms with Gasteiger partial charge in [-0.15, -0.1) is 10.2 Å². The van der Waals surface area contributed by atoms with E-state index >= 15 is 0 Å². The maximum absolute atomic E-state index is 11.5. The number of nitrogens with zero attached hydrogens (tertiary/aromatic N) is 2. The first kappa shape index (κ1) is 13.2. The Kier molecular flexibility index (Phi) is 4.89. The topological polar surface area (TPSA) is 76.1 Å². The molecule has 1 saturated carbocycles. The van der Waals surface area contributed by atoms with Gasteiger partial charge in [0.15, 0.2) is 0 Å². The predicted molar refractivity (Wildman–Crippen MR) is 70.0 cm³/mol. The van der Waals surface area contributed by atoms with Crippen molar-refractivity contribution in [1.29, 1.82) is 0 Å². The summed E-state index contributed by atoms with van der Waals surface area (Å²) in [6.07, 6.45) is 4.24. The van der Waals surface area contributed by atoms with E-state index in [9.17, 15) is 4.79 Å². The molecule has 0 atom stereocenters. The lowest BCUT2D eigenvalue weighted by Crippen LogP contribution is -2.29. The molecule has 0 spiro atoms. The molecule has 7 heteroatoms. The number of carbonyl (C=O) groups excluding carboxylic acids is 1. The van der Waals surface area contributed by atoms with Gasteiger partial charge in [-0.05, 0) is 25.7 Å². The normalized spacial score (nSPS) is 14.5. The standard InChI is InChI=1S/C11H18N4O2S/c1-17-7-3-2-6-12-10(16)13-11-15-14-9(18-11)8-4-5-8/h8H,2-7H2,1H3,(H2,12,13,15,16). The highest BCUT2D eigenvalue weighted by Crippen LogP contribution is 2.41. The van der Waals surface area contributed by atoms with Crippen molar-refractivity contribution in [3.63, 3.8) is 0 Å². The van der Waals surface area contributed by atoms with Crippen LogP contribution in [0.3, 0.4) is 0 Å². The number of ether oxygens (including phenoxy) is 1. The van der Waals surface area contributed by atoms with Gasteiger partial charge in [-0.3, -0.25) is 5.32 Å². The summed E-state index contributed by atoms with van der Waals surface area (Å²) in [6.45, 7) is 1.37. The van der Waals surface area contributed by atoms with Crippen LogP contribution in [0.1, 0.15) is 36.6 Å². The number of amides is 2. The summed E-state index contributed by atoms with van der Waals surface area (Å²) in [6, 6.07) is -0.217. The van der Waals surface area contributed by atoms with Gasteiger partial charge < -0.3 is 10.1 Å². The average molecular weight is 270 g/mol. The molecular formula is C11H18N4O2S. The molecule has 1 heterocycles. The van der Waals surface area contributed by atoms with Crippen molar-refractivity contribution < 1.29 is 9.53 Å². The summed E-state index contributed by atoms with van der Waals surface area (Å²) in [4.78, 5) is 11.5. The molecule has 2 rings (SSSR count). The van der Waals surface area contributed by atoms with Gasteiger partial charge in [-0.2, -0.15) is 0 Å². The van der Waals surface area contributed by atoms with E-state index in [0.717, 1.165) is 24.5 Å². The summed E-state index contributed by atoms with van der Waals surface area (Å²) in [5.41, 5.74) is 0. The number of anilines is 1. The van der Waals surface area contributed by atoms with E-state index in [4.69, 9.17) is 4.74 Å². The highest BCUT2D eigenvalue weighted by Gasteiger charge is 2.27. The van der Waals surface area contributed by atoms with E-state index in [1.807, 2.05) is 0 Å².